The summed E-state index contributed by atoms with van der Waals surface area (Å²) in [4.78, 5) is 0. The molecule has 62 valence electrons. The van der Waals surface area contributed by atoms with E-state index in [0.717, 1.165) is 10.1 Å². The van der Waals surface area contributed by atoms with Crippen LogP contribution < -0.4 is 5.73 Å². The lowest BCUT2D eigenvalue weighted by molar-refractivity contribution is 1.78. The van der Waals surface area contributed by atoms with E-state index in [9.17, 15) is 0 Å². The van der Waals surface area contributed by atoms with Crippen molar-refractivity contribution < 1.29 is 0 Å². The van der Waals surface area contributed by atoms with Gasteiger partial charge in [-0.2, -0.15) is 0 Å². The smallest absolute Gasteiger partial charge is 0.0814 e. The molecule has 1 heterocycles. The molecule has 0 aliphatic heterocycles. The van der Waals surface area contributed by atoms with E-state index < -0.39 is 0 Å². The van der Waals surface area contributed by atoms with E-state index in [2.05, 4.69) is 0 Å². The highest BCUT2D eigenvalue weighted by atomic mass is 35.5. The Morgan fingerprint density at radius 3 is 2.83 bits per heavy atom. The van der Waals surface area contributed by atoms with Crippen LogP contribution in [0.15, 0.2) is 17.5 Å². The summed E-state index contributed by atoms with van der Waals surface area (Å²) in [5.74, 6) is 0. The Hall–Kier alpha value is -0.440. The van der Waals surface area contributed by atoms with Crippen LogP contribution in [0.1, 0.15) is 0 Å². The number of nitrogens with two attached hydrogens (primary N) is 1. The van der Waals surface area contributed by atoms with E-state index in [4.69, 9.17) is 28.9 Å². The second-order valence-corrected chi connectivity index (χ2v) is 4.13. The molecule has 0 amide bonds. The van der Waals surface area contributed by atoms with E-state index >= 15 is 0 Å². The fourth-order valence-electron chi connectivity index (χ4n) is 1.08. The van der Waals surface area contributed by atoms with Gasteiger partial charge in [0.15, 0.2) is 0 Å². The van der Waals surface area contributed by atoms with E-state index in [1.54, 1.807) is 17.4 Å². The average Bonchev–Trinajstić information content (AvgIpc) is 2.48. The molecule has 0 fully saturated rings. The molecule has 0 spiro atoms. The molecule has 0 radical (unpaired) electrons. The van der Waals surface area contributed by atoms with Crippen LogP contribution in [0.25, 0.3) is 10.1 Å². The Morgan fingerprint density at radius 1 is 1.33 bits per heavy atom. The summed E-state index contributed by atoms with van der Waals surface area (Å²) in [6.45, 7) is 0. The quantitative estimate of drug-likeness (QED) is 0.669. The van der Waals surface area contributed by atoms with Gasteiger partial charge >= 0.3 is 0 Å². The van der Waals surface area contributed by atoms with Crippen LogP contribution >= 0.6 is 34.5 Å². The van der Waals surface area contributed by atoms with Gasteiger partial charge in [-0.3, -0.25) is 0 Å². The molecule has 12 heavy (non-hydrogen) atoms. The Balaban J connectivity index is 2.97. The van der Waals surface area contributed by atoms with Crippen molar-refractivity contribution in [3.63, 3.8) is 0 Å². The molecule has 1 aromatic heterocycles. The highest BCUT2D eigenvalue weighted by Crippen LogP contribution is 2.37. The normalized spacial score (nSPS) is 10.8. The summed E-state index contributed by atoms with van der Waals surface area (Å²) in [5.41, 5.74) is 6.17. The van der Waals surface area contributed by atoms with Gasteiger partial charge in [-0.25, -0.2) is 0 Å². The first-order chi connectivity index (χ1) is 5.70. The summed E-state index contributed by atoms with van der Waals surface area (Å²) in [6, 6.07) is 3.62. The molecule has 2 N–H and O–H groups in total. The van der Waals surface area contributed by atoms with E-state index in [0.29, 0.717) is 15.7 Å². The Kier molecular flexibility index (Phi) is 1.91. The maximum absolute atomic E-state index is 5.97. The van der Waals surface area contributed by atoms with Gasteiger partial charge in [0.2, 0.25) is 0 Å². The number of nitrogen functional groups attached to an aromatic ring is 1. The van der Waals surface area contributed by atoms with Crippen molar-refractivity contribution in [1.82, 2.24) is 0 Å². The van der Waals surface area contributed by atoms with Crippen LogP contribution in [0, 0.1) is 0 Å². The maximum Gasteiger partial charge on any atom is 0.0814 e. The predicted octanol–water partition coefficient (Wildman–Crippen LogP) is 3.79. The highest BCUT2D eigenvalue weighted by Gasteiger charge is 2.07. The first-order valence-electron chi connectivity index (χ1n) is 3.31. The number of hydrogen-bond acceptors (Lipinski definition) is 2. The maximum atomic E-state index is 5.97. The van der Waals surface area contributed by atoms with Crippen molar-refractivity contribution in [3.05, 3.63) is 27.6 Å². The SMILES string of the molecule is Nc1cc(Cl)c2ccsc2c1Cl. The van der Waals surface area contributed by atoms with E-state index in [1.165, 1.54) is 0 Å². The van der Waals surface area contributed by atoms with Gasteiger partial charge in [0, 0.05) is 5.39 Å². The molecule has 1 nitrogen and oxygen atoms in total. The number of benzene rings is 1. The molecule has 0 saturated heterocycles. The number of halogens is 2. The Labute approximate surface area is 83.7 Å². The zero-order valence-electron chi connectivity index (χ0n) is 5.97. The minimum atomic E-state index is 0.539. The molecule has 0 aliphatic rings. The van der Waals surface area contributed by atoms with Crippen LogP contribution in [-0.2, 0) is 0 Å². The second kappa shape index (κ2) is 2.80. The molecule has 2 aromatic rings. The topological polar surface area (TPSA) is 26.0 Å². The fraction of sp³-hybridized carbons (Fsp3) is 0. The van der Waals surface area contributed by atoms with E-state index in [-0.39, 0.29) is 0 Å². The fourth-order valence-corrected chi connectivity index (χ4v) is 2.56. The van der Waals surface area contributed by atoms with Crippen molar-refractivity contribution in [1.29, 1.82) is 0 Å². The summed E-state index contributed by atoms with van der Waals surface area (Å²) in [5, 5.41) is 4.18. The van der Waals surface area contributed by atoms with Gasteiger partial charge < -0.3 is 5.73 Å². The number of fused-ring (bicyclic) bond motifs is 1. The van der Waals surface area contributed by atoms with Crippen molar-refractivity contribution in [2.45, 2.75) is 0 Å². The predicted molar refractivity (Wildman–Crippen MR) is 56.3 cm³/mol. The second-order valence-electron chi connectivity index (χ2n) is 2.42. The molecule has 2 rings (SSSR count). The third-order valence-corrected chi connectivity index (χ3v) is 3.42. The van der Waals surface area contributed by atoms with Crippen molar-refractivity contribution in [3.8, 4) is 0 Å². The lowest BCUT2D eigenvalue weighted by atomic mass is 10.2. The lowest BCUT2D eigenvalue weighted by Crippen LogP contribution is -1.85. The number of thiophene rings is 1. The van der Waals surface area contributed by atoms with Crippen LogP contribution in [0.5, 0.6) is 0 Å². The first kappa shape index (κ1) is 8.17. The van der Waals surface area contributed by atoms with Gasteiger partial charge in [-0.1, -0.05) is 23.2 Å². The highest BCUT2D eigenvalue weighted by molar-refractivity contribution is 7.18. The number of anilines is 1. The third kappa shape index (κ3) is 1.07. The van der Waals surface area contributed by atoms with Crippen LogP contribution in [0.4, 0.5) is 5.69 Å². The molecule has 0 unspecified atom stereocenters. The first-order valence-corrected chi connectivity index (χ1v) is 4.94. The van der Waals surface area contributed by atoms with Gasteiger partial charge in [0.1, 0.15) is 0 Å². The standard InChI is InChI=1S/C8H5Cl2NS/c9-5-3-6(11)7(10)8-4(5)1-2-12-8/h1-3H,11H2. The van der Waals surface area contributed by atoms with Crippen molar-refractivity contribution >= 4 is 50.3 Å². The summed E-state index contributed by atoms with van der Waals surface area (Å²) >= 11 is 13.5. The monoisotopic (exact) mass is 217 g/mol. The summed E-state index contributed by atoms with van der Waals surface area (Å²) in [7, 11) is 0. The minimum absolute atomic E-state index is 0.539. The number of rotatable bonds is 0. The van der Waals surface area contributed by atoms with Gasteiger partial charge in [0.05, 0.1) is 20.4 Å². The summed E-state index contributed by atoms with van der Waals surface area (Å²) < 4.78 is 0.960. The Morgan fingerprint density at radius 2 is 2.08 bits per heavy atom. The van der Waals surface area contributed by atoms with Crippen LogP contribution in [0.2, 0.25) is 10.0 Å². The van der Waals surface area contributed by atoms with Crippen LogP contribution in [-0.4, -0.2) is 0 Å². The van der Waals surface area contributed by atoms with Gasteiger partial charge in [-0.15, -0.1) is 11.3 Å². The zero-order chi connectivity index (χ0) is 8.72. The minimum Gasteiger partial charge on any atom is -0.397 e. The molecule has 1 aromatic carbocycles. The largest absolute Gasteiger partial charge is 0.397 e. The van der Waals surface area contributed by atoms with Crippen molar-refractivity contribution in [2.75, 3.05) is 5.73 Å². The third-order valence-electron chi connectivity index (χ3n) is 1.66. The zero-order valence-corrected chi connectivity index (χ0v) is 8.30. The molecular formula is C8H5Cl2NS. The van der Waals surface area contributed by atoms with Gasteiger partial charge in [0.25, 0.3) is 0 Å². The molecule has 0 saturated carbocycles. The molecular weight excluding hydrogens is 213 g/mol. The van der Waals surface area contributed by atoms with E-state index in [1.807, 2.05) is 11.4 Å². The molecule has 0 bridgehead atoms. The molecule has 4 heteroatoms. The summed E-state index contributed by atoms with van der Waals surface area (Å²) in [6.07, 6.45) is 0. The lowest BCUT2D eigenvalue weighted by Gasteiger charge is -2.00. The Bertz CT molecular complexity index is 436. The van der Waals surface area contributed by atoms with Crippen LogP contribution in [0.3, 0.4) is 0 Å². The molecule has 0 aliphatic carbocycles. The van der Waals surface area contributed by atoms with Crippen molar-refractivity contribution in [2.24, 2.45) is 0 Å². The number of hydrogen-bond donors (Lipinski definition) is 1. The average molecular weight is 218 g/mol. The molecule has 0 atom stereocenters. The van der Waals surface area contributed by atoms with Gasteiger partial charge in [-0.05, 0) is 17.5 Å².